The zero-order valence-electron chi connectivity index (χ0n) is 66.4. The van der Waals surface area contributed by atoms with Crippen molar-refractivity contribution >= 4 is 0 Å². The number of benzene rings is 2. The molecule has 2 aromatic rings. The lowest BCUT2D eigenvalue weighted by molar-refractivity contribution is -0.0382. The van der Waals surface area contributed by atoms with Gasteiger partial charge in [-0.25, -0.2) is 4.39 Å². The normalized spacial score (nSPS) is 13.1. The van der Waals surface area contributed by atoms with E-state index in [1.807, 2.05) is 19.1 Å². The number of rotatable bonds is 8. The Labute approximate surface area is 603 Å². The number of halogens is 1. The third-order valence-electron chi connectivity index (χ3n) is 12.6. The predicted octanol–water partition coefficient (Wildman–Crippen LogP) is 31.4. The van der Waals surface area contributed by atoms with Crippen molar-refractivity contribution < 1.29 is 18.6 Å². The largest absolute Gasteiger partial charge is 0.384 e. The Morgan fingerprint density at radius 3 is 1.01 bits per heavy atom. The van der Waals surface area contributed by atoms with E-state index < -0.39 is 0 Å². The van der Waals surface area contributed by atoms with Gasteiger partial charge < -0.3 is 19.1 Å². The summed E-state index contributed by atoms with van der Waals surface area (Å²) in [6, 6.07) is 17.3. The van der Waals surface area contributed by atoms with E-state index >= 15 is 0 Å². The molecule has 0 unspecified atom stereocenters. The summed E-state index contributed by atoms with van der Waals surface area (Å²) in [6.45, 7) is 91.5. The molecule has 1 saturated heterocycles. The zero-order chi connectivity index (χ0) is 69.5. The molecule has 0 aromatic heterocycles. The summed E-state index contributed by atoms with van der Waals surface area (Å²) in [5.74, 6) is 1.72. The maximum absolute atomic E-state index is 12.5. The second-order valence-electron chi connectivity index (χ2n) is 38.1. The SMILES string of the molecule is C.C.C.C.C.C.C.C.CC(C)(C)C1CC1.CC(C)(C)CN1CCCCC1.CC(C)(C)COC(C)(C)C.CC(C)(C)Cc1ccccc1.CC(C)(C)c1ccc(F)cc1.CC(C)CC(C)(C)C.CCC(C)(C)C.CCCC(C)(C)C.CCOCC(C)(C)C.COCC(C)(C)C. The van der Waals surface area contributed by atoms with Crippen LogP contribution in [-0.4, -0.2) is 63.7 Å². The lowest BCUT2D eigenvalue weighted by Crippen LogP contribution is -2.36. The molecule has 4 nitrogen and oxygen atoms in total. The fourth-order valence-electron chi connectivity index (χ4n) is 8.14. The fraction of sp³-hybridized carbons (Fsp3) is 0.865. The molecule has 1 aliphatic heterocycles. The average molecular weight is 1350 g/mol. The predicted molar refractivity (Wildman–Crippen MR) is 446 cm³/mol. The maximum Gasteiger partial charge on any atom is 0.123 e. The molecule has 2 aliphatic rings. The van der Waals surface area contributed by atoms with Crippen molar-refractivity contribution in [2.75, 3.05) is 53.2 Å². The minimum Gasteiger partial charge on any atom is -0.384 e. The van der Waals surface area contributed by atoms with Crippen LogP contribution >= 0.6 is 0 Å². The van der Waals surface area contributed by atoms with Crippen molar-refractivity contribution in [1.82, 2.24) is 4.90 Å². The van der Waals surface area contributed by atoms with Crippen LogP contribution in [0.4, 0.5) is 4.39 Å². The standard InChI is InChI=1S/C11H16.C10H13F.C10H21N.C9H20O.C8H18.C7H16O.C7H14.C7H16.C6H14O.C6H14.8CH4/c1-11(2,3)9-10-7-5-4-6-8-10;1-10(2,3)8-4-6-9(11)7-5-8;1-10(2,3)9-11-7-5-4-6-8-11;1-8(2,3)7-10-9(4,5)6;1-7(2)6-8(3,4)5;1-5-8-6-7(2,3)4;1-7(2,3)6-4-5-6;1-5-6-7(2,3)4;1-6(2,3)5-7-4;1-5-6(2,3)4;;;;;;;;/h4-8H,9H2,1-3H3;4-7H,1-3H3;4-9H2,1-3H3;7H2,1-6H3;7H,6H2,1-5H3;5-6H2,1-4H3;6H,4-5H2,1-3H3;5-6H2,1-4H3;5H2,1-4H3;5H2,1-4H3;8*1H4. The zero-order valence-corrected chi connectivity index (χ0v) is 66.4. The van der Waals surface area contributed by atoms with Crippen LogP contribution in [0.1, 0.15) is 391 Å². The number of hydrogen-bond donors (Lipinski definition) is 0. The quantitative estimate of drug-likeness (QED) is 0.264. The van der Waals surface area contributed by atoms with Gasteiger partial charge in [-0.1, -0.05) is 357 Å². The molecule has 0 N–H and O–H groups in total. The summed E-state index contributed by atoms with van der Waals surface area (Å²) < 4.78 is 28.2. The summed E-state index contributed by atoms with van der Waals surface area (Å²) in [5, 5.41) is 0. The van der Waals surface area contributed by atoms with Crippen molar-refractivity contribution in [2.24, 2.45) is 60.6 Å². The fourth-order valence-corrected chi connectivity index (χ4v) is 8.14. The molecule has 0 spiro atoms. The molecule has 2 aromatic carbocycles. The summed E-state index contributed by atoms with van der Waals surface area (Å²) >= 11 is 0. The first-order valence-electron chi connectivity index (χ1n) is 34.4. The minimum absolute atomic E-state index is 0. The molecule has 4 rings (SSSR count). The van der Waals surface area contributed by atoms with Crippen molar-refractivity contribution in [3.8, 4) is 0 Å². The number of nitrogens with zero attached hydrogens (tertiary/aromatic N) is 1. The molecule has 2 fully saturated rings. The van der Waals surface area contributed by atoms with Crippen LogP contribution in [0.5, 0.6) is 0 Å². The van der Waals surface area contributed by atoms with Gasteiger partial charge in [0.15, 0.2) is 0 Å². The Balaban J connectivity index is -0.0000000628. The van der Waals surface area contributed by atoms with E-state index in [2.05, 4.69) is 291 Å². The summed E-state index contributed by atoms with van der Waals surface area (Å²) in [5.41, 5.74) is 6.78. The van der Waals surface area contributed by atoms with Crippen molar-refractivity contribution in [2.45, 2.75) is 398 Å². The van der Waals surface area contributed by atoms with E-state index in [1.165, 1.54) is 101 Å². The Kier molecular flexibility index (Phi) is 80.1. The molecule has 0 bridgehead atoms. The van der Waals surface area contributed by atoms with Gasteiger partial charge in [0.05, 0.1) is 25.4 Å². The highest BCUT2D eigenvalue weighted by Gasteiger charge is 2.33. The number of hydrogen-bond acceptors (Lipinski definition) is 4. The molecule has 1 aliphatic carbocycles. The van der Waals surface area contributed by atoms with E-state index in [9.17, 15) is 4.39 Å². The first-order valence-corrected chi connectivity index (χ1v) is 34.4. The number of likely N-dealkylation sites (tertiary alicyclic amines) is 1. The molecule has 0 amide bonds. The highest BCUT2D eigenvalue weighted by Crippen LogP contribution is 2.44. The molecular weight excluding hydrogens is 1150 g/mol. The van der Waals surface area contributed by atoms with Crippen molar-refractivity contribution in [1.29, 1.82) is 0 Å². The van der Waals surface area contributed by atoms with Gasteiger partial charge in [-0.05, 0) is 175 Å². The molecule has 0 radical (unpaired) electrons. The molecular formula is C89H194FNO3. The molecule has 94 heavy (non-hydrogen) atoms. The van der Waals surface area contributed by atoms with E-state index in [1.54, 1.807) is 7.11 Å². The number of ether oxygens (including phenoxy) is 3. The minimum atomic E-state index is -0.169. The van der Waals surface area contributed by atoms with Gasteiger partial charge >= 0.3 is 0 Å². The molecule has 1 heterocycles. The second kappa shape index (κ2) is 60.0. The van der Waals surface area contributed by atoms with Gasteiger partial charge in [0, 0.05) is 20.3 Å². The van der Waals surface area contributed by atoms with Gasteiger partial charge in [0.2, 0.25) is 0 Å². The van der Waals surface area contributed by atoms with Gasteiger partial charge in [-0.3, -0.25) is 0 Å². The summed E-state index contributed by atoms with van der Waals surface area (Å²) in [6.07, 6.45) is 13.6. The smallest absolute Gasteiger partial charge is 0.123 e. The van der Waals surface area contributed by atoms with Crippen molar-refractivity contribution in [3.05, 3.63) is 71.5 Å². The van der Waals surface area contributed by atoms with Crippen LogP contribution in [0.2, 0.25) is 0 Å². The molecule has 1 saturated carbocycles. The number of piperidine rings is 1. The third-order valence-corrected chi connectivity index (χ3v) is 12.6. The van der Waals surface area contributed by atoms with Crippen LogP contribution < -0.4 is 0 Å². The van der Waals surface area contributed by atoms with E-state index in [0.717, 1.165) is 44.7 Å². The lowest BCUT2D eigenvalue weighted by atomic mass is 9.86. The van der Waals surface area contributed by atoms with E-state index in [-0.39, 0.29) is 81.7 Å². The molecule has 580 valence electrons. The number of methoxy groups -OCH3 is 1. The van der Waals surface area contributed by atoms with Crippen molar-refractivity contribution in [3.63, 3.8) is 0 Å². The van der Waals surface area contributed by atoms with Crippen LogP contribution in [0.25, 0.3) is 0 Å². The highest BCUT2D eigenvalue weighted by molar-refractivity contribution is 5.23. The summed E-state index contributed by atoms with van der Waals surface area (Å²) in [4.78, 5) is 2.60. The molecule has 5 heteroatoms. The van der Waals surface area contributed by atoms with Gasteiger partial charge in [-0.2, -0.15) is 0 Å². The van der Waals surface area contributed by atoms with Crippen LogP contribution in [0.3, 0.4) is 0 Å². The second-order valence-corrected chi connectivity index (χ2v) is 38.1. The molecule has 0 atom stereocenters. The van der Waals surface area contributed by atoms with Gasteiger partial charge in [-0.15, -0.1) is 0 Å². The van der Waals surface area contributed by atoms with E-state index in [4.69, 9.17) is 14.2 Å². The maximum atomic E-state index is 12.5. The van der Waals surface area contributed by atoms with Crippen LogP contribution in [-0.2, 0) is 26.0 Å². The van der Waals surface area contributed by atoms with Crippen LogP contribution in [0.15, 0.2) is 54.6 Å². The first-order chi connectivity index (χ1) is 38.1. The topological polar surface area (TPSA) is 30.9 Å². The monoisotopic (exact) mass is 1340 g/mol. The highest BCUT2D eigenvalue weighted by atomic mass is 19.1. The third kappa shape index (κ3) is 120. The first kappa shape index (κ1) is 125. The van der Waals surface area contributed by atoms with E-state index in [0.29, 0.717) is 43.3 Å². The Morgan fingerprint density at radius 1 is 0.457 bits per heavy atom. The summed E-state index contributed by atoms with van der Waals surface area (Å²) in [7, 11) is 1.73. The van der Waals surface area contributed by atoms with Gasteiger partial charge in [0.1, 0.15) is 5.82 Å². The Hall–Kier alpha value is -1.79. The van der Waals surface area contributed by atoms with Gasteiger partial charge in [0.25, 0.3) is 0 Å². The Bertz CT molecular complexity index is 1750. The van der Waals surface area contributed by atoms with Crippen LogP contribution in [0, 0.1) is 66.4 Å². The lowest BCUT2D eigenvalue weighted by Gasteiger charge is -2.32. The Morgan fingerprint density at radius 2 is 0.840 bits per heavy atom. The average Bonchev–Trinajstić information content (AvgIpc) is 4.14.